The van der Waals surface area contributed by atoms with Crippen molar-refractivity contribution in [3.05, 3.63) is 11.8 Å². The van der Waals surface area contributed by atoms with E-state index in [0.29, 0.717) is 6.42 Å². The lowest BCUT2D eigenvalue weighted by molar-refractivity contribution is -0.142. The highest BCUT2D eigenvalue weighted by atomic mass is 32.2. The molecule has 3 N–H and O–H groups in total. The molecular formula is C12H21N3O2S. The first-order valence-electron chi connectivity index (χ1n) is 5.98. The van der Waals surface area contributed by atoms with Gasteiger partial charge in [-0.25, -0.2) is 0 Å². The number of unbranched alkanes of at least 4 members (excludes halogenated alkanes) is 1. The van der Waals surface area contributed by atoms with Gasteiger partial charge >= 0.3 is 5.97 Å². The Morgan fingerprint density at radius 2 is 2.28 bits per heavy atom. The van der Waals surface area contributed by atoms with Crippen LogP contribution in [0.4, 0.5) is 0 Å². The van der Waals surface area contributed by atoms with Crippen molar-refractivity contribution in [1.82, 2.24) is 9.78 Å². The number of nitrogens with zero attached hydrogens (tertiary/aromatic N) is 2. The SMILES string of the molecule is Cc1cc(SCCCCC(C)(N)C(=O)O)n(C)n1. The Hall–Kier alpha value is -1.01. The highest BCUT2D eigenvalue weighted by Gasteiger charge is 2.26. The monoisotopic (exact) mass is 271 g/mol. The summed E-state index contributed by atoms with van der Waals surface area (Å²) in [4.78, 5) is 10.8. The van der Waals surface area contributed by atoms with Gasteiger partial charge in [-0.2, -0.15) is 5.10 Å². The number of rotatable bonds is 7. The molecule has 5 nitrogen and oxygen atoms in total. The molecule has 1 heterocycles. The molecule has 0 aliphatic heterocycles. The van der Waals surface area contributed by atoms with E-state index < -0.39 is 11.5 Å². The number of aliphatic carboxylic acids is 1. The lowest BCUT2D eigenvalue weighted by Crippen LogP contribution is -2.44. The van der Waals surface area contributed by atoms with Crippen LogP contribution in [-0.2, 0) is 11.8 Å². The molecule has 0 bridgehead atoms. The van der Waals surface area contributed by atoms with E-state index in [-0.39, 0.29) is 0 Å². The molecule has 102 valence electrons. The highest BCUT2D eigenvalue weighted by Crippen LogP contribution is 2.21. The predicted molar refractivity (Wildman–Crippen MR) is 72.7 cm³/mol. The van der Waals surface area contributed by atoms with Gasteiger partial charge in [0, 0.05) is 7.05 Å². The number of nitrogens with two attached hydrogens (primary N) is 1. The molecular weight excluding hydrogens is 250 g/mol. The van der Waals surface area contributed by atoms with Crippen molar-refractivity contribution in [2.75, 3.05) is 5.75 Å². The molecule has 1 aromatic rings. The molecule has 0 spiro atoms. The van der Waals surface area contributed by atoms with Crippen molar-refractivity contribution in [2.24, 2.45) is 12.8 Å². The topological polar surface area (TPSA) is 81.1 Å². The van der Waals surface area contributed by atoms with E-state index in [0.717, 1.165) is 29.3 Å². The average Bonchev–Trinajstić information content (AvgIpc) is 2.56. The van der Waals surface area contributed by atoms with Crippen LogP contribution in [0.15, 0.2) is 11.1 Å². The largest absolute Gasteiger partial charge is 0.480 e. The van der Waals surface area contributed by atoms with Crippen molar-refractivity contribution >= 4 is 17.7 Å². The normalized spacial score (nSPS) is 14.4. The predicted octanol–water partition coefficient (Wildman–Crippen LogP) is 1.79. The molecule has 0 aromatic carbocycles. The Kier molecular flexibility index (Phi) is 5.22. The van der Waals surface area contributed by atoms with Crippen molar-refractivity contribution in [3.8, 4) is 0 Å². The molecule has 0 amide bonds. The summed E-state index contributed by atoms with van der Waals surface area (Å²) >= 11 is 1.74. The summed E-state index contributed by atoms with van der Waals surface area (Å²) in [6, 6.07) is 2.05. The van der Waals surface area contributed by atoms with E-state index in [2.05, 4.69) is 11.2 Å². The summed E-state index contributed by atoms with van der Waals surface area (Å²) in [7, 11) is 1.93. The third kappa shape index (κ3) is 4.34. The molecule has 0 radical (unpaired) electrons. The minimum absolute atomic E-state index is 0.507. The summed E-state index contributed by atoms with van der Waals surface area (Å²) < 4.78 is 1.87. The van der Waals surface area contributed by atoms with Crippen LogP contribution in [0, 0.1) is 6.92 Å². The molecule has 0 saturated carbocycles. The van der Waals surface area contributed by atoms with E-state index in [1.807, 2.05) is 18.7 Å². The second kappa shape index (κ2) is 6.24. The van der Waals surface area contributed by atoms with Gasteiger partial charge in [0.1, 0.15) is 5.54 Å². The Morgan fingerprint density at radius 3 is 2.78 bits per heavy atom. The number of hydrogen-bond donors (Lipinski definition) is 2. The second-order valence-electron chi connectivity index (χ2n) is 4.78. The fourth-order valence-electron chi connectivity index (χ4n) is 1.60. The van der Waals surface area contributed by atoms with Gasteiger partial charge in [-0.3, -0.25) is 9.48 Å². The van der Waals surface area contributed by atoms with Crippen molar-refractivity contribution in [1.29, 1.82) is 0 Å². The number of carbonyl (C=O) groups is 1. The average molecular weight is 271 g/mol. The van der Waals surface area contributed by atoms with E-state index in [1.165, 1.54) is 0 Å². The van der Waals surface area contributed by atoms with Crippen molar-refractivity contribution in [3.63, 3.8) is 0 Å². The first-order chi connectivity index (χ1) is 8.33. The summed E-state index contributed by atoms with van der Waals surface area (Å²) in [5.74, 6) is 0.0201. The van der Waals surface area contributed by atoms with Gasteiger partial charge in [0.2, 0.25) is 0 Å². The minimum atomic E-state index is -1.10. The number of thioether (sulfide) groups is 1. The number of hydrogen-bond acceptors (Lipinski definition) is 4. The molecule has 6 heteroatoms. The molecule has 1 rings (SSSR count). The minimum Gasteiger partial charge on any atom is -0.480 e. The zero-order chi connectivity index (χ0) is 13.8. The third-order valence-electron chi connectivity index (χ3n) is 2.79. The second-order valence-corrected chi connectivity index (χ2v) is 5.89. The lowest BCUT2D eigenvalue weighted by atomic mass is 9.97. The maximum absolute atomic E-state index is 10.8. The van der Waals surface area contributed by atoms with E-state index in [9.17, 15) is 4.79 Å². The number of carboxylic acids is 1. The van der Waals surface area contributed by atoms with E-state index in [4.69, 9.17) is 10.8 Å². The standard InChI is InChI=1S/C12H21N3O2S/c1-9-8-10(15(3)14-9)18-7-5-4-6-12(2,13)11(16)17/h8H,4-7,13H2,1-3H3,(H,16,17). The van der Waals surface area contributed by atoms with Crippen LogP contribution in [0.1, 0.15) is 31.9 Å². The molecule has 0 saturated heterocycles. The van der Waals surface area contributed by atoms with Gasteiger partial charge in [0.05, 0.1) is 10.7 Å². The zero-order valence-electron chi connectivity index (χ0n) is 11.1. The third-order valence-corrected chi connectivity index (χ3v) is 3.96. The summed E-state index contributed by atoms with van der Waals surface area (Å²) in [6.45, 7) is 3.53. The van der Waals surface area contributed by atoms with Crippen LogP contribution < -0.4 is 5.73 Å². The Bertz CT molecular complexity index is 415. The van der Waals surface area contributed by atoms with Gasteiger partial charge in [0.25, 0.3) is 0 Å². The lowest BCUT2D eigenvalue weighted by Gasteiger charge is -2.18. The Morgan fingerprint density at radius 1 is 1.61 bits per heavy atom. The molecule has 1 atom stereocenters. The smallest absolute Gasteiger partial charge is 0.323 e. The summed E-state index contributed by atoms with van der Waals surface area (Å²) in [5.41, 5.74) is 5.57. The van der Waals surface area contributed by atoms with Crippen LogP contribution >= 0.6 is 11.8 Å². The van der Waals surface area contributed by atoms with Crippen molar-refractivity contribution in [2.45, 2.75) is 43.7 Å². The number of aromatic nitrogens is 2. The van der Waals surface area contributed by atoms with Crippen LogP contribution in [0.3, 0.4) is 0 Å². The maximum atomic E-state index is 10.8. The fourth-order valence-corrected chi connectivity index (χ4v) is 2.64. The highest BCUT2D eigenvalue weighted by molar-refractivity contribution is 7.99. The molecule has 0 fully saturated rings. The molecule has 1 aromatic heterocycles. The molecule has 0 aliphatic rings. The van der Waals surface area contributed by atoms with E-state index >= 15 is 0 Å². The van der Waals surface area contributed by atoms with Gasteiger partial charge in [-0.1, -0.05) is 6.42 Å². The maximum Gasteiger partial charge on any atom is 0.323 e. The van der Waals surface area contributed by atoms with Crippen LogP contribution in [0.5, 0.6) is 0 Å². The first-order valence-corrected chi connectivity index (χ1v) is 6.97. The first kappa shape index (κ1) is 15.0. The Labute approximate surface area is 112 Å². The van der Waals surface area contributed by atoms with Gasteiger partial charge in [-0.15, -0.1) is 11.8 Å². The molecule has 18 heavy (non-hydrogen) atoms. The fraction of sp³-hybridized carbons (Fsp3) is 0.667. The van der Waals surface area contributed by atoms with Gasteiger partial charge in [-0.05, 0) is 38.5 Å². The molecule has 0 aliphatic carbocycles. The molecule has 1 unspecified atom stereocenters. The van der Waals surface area contributed by atoms with Gasteiger partial charge < -0.3 is 10.8 Å². The van der Waals surface area contributed by atoms with Gasteiger partial charge in [0.15, 0.2) is 0 Å². The number of aryl methyl sites for hydroxylation is 2. The number of carboxylic acid groups (broad SMARTS) is 1. The summed E-state index contributed by atoms with van der Waals surface area (Å²) in [6.07, 6.45) is 2.28. The zero-order valence-corrected chi connectivity index (χ0v) is 12.0. The van der Waals surface area contributed by atoms with Crippen LogP contribution in [-0.4, -0.2) is 32.1 Å². The van der Waals surface area contributed by atoms with Crippen molar-refractivity contribution < 1.29 is 9.90 Å². The quantitative estimate of drug-likeness (QED) is 0.583. The summed E-state index contributed by atoms with van der Waals surface area (Å²) in [5, 5.41) is 14.3. The van der Waals surface area contributed by atoms with Crippen LogP contribution in [0.2, 0.25) is 0 Å². The van der Waals surface area contributed by atoms with E-state index in [1.54, 1.807) is 18.7 Å². The Balaban J connectivity index is 2.24. The van der Waals surface area contributed by atoms with Crippen LogP contribution in [0.25, 0.3) is 0 Å².